The summed E-state index contributed by atoms with van der Waals surface area (Å²) in [6.45, 7) is 0. The number of hydrogen-bond donors (Lipinski definition) is 2. The van der Waals surface area contributed by atoms with Gasteiger partial charge in [0.2, 0.25) is 5.88 Å². The van der Waals surface area contributed by atoms with E-state index in [1.165, 1.54) is 0 Å². The zero-order valence-electron chi connectivity index (χ0n) is 13.6. The number of aromatic amines is 1. The quantitative estimate of drug-likeness (QED) is 0.563. The minimum absolute atomic E-state index is 0.529. The number of nitrogens with one attached hydrogen (secondary N) is 2. The van der Waals surface area contributed by atoms with E-state index in [9.17, 15) is 0 Å². The van der Waals surface area contributed by atoms with E-state index in [4.69, 9.17) is 9.47 Å². The number of aromatic nitrogens is 3. The number of nitrogens with zero attached hydrogens (tertiary/aromatic N) is 2. The first-order chi connectivity index (χ1) is 12.3. The van der Waals surface area contributed by atoms with Crippen molar-refractivity contribution in [1.29, 1.82) is 0 Å². The molecule has 0 aliphatic carbocycles. The first kappa shape index (κ1) is 15.0. The highest BCUT2D eigenvalue weighted by molar-refractivity contribution is 5.89. The summed E-state index contributed by atoms with van der Waals surface area (Å²) in [5.74, 6) is 3.35. The summed E-state index contributed by atoms with van der Waals surface area (Å²) in [6, 6.07) is 19.2. The van der Waals surface area contributed by atoms with Gasteiger partial charge in [-0.3, -0.25) is 5.10 Å². The van der Waals surface area contributed by atoms with Gasteiger partial charge in [0, 0.05) is 17.6 Å². The molecular weight excluding hydrogens is 316 g/mol. The second kappa shape index (κ2) is 6.52. The Morgan fingerprint density at radius 3 is 2.48 bits per heavy atom. The van der Waals surface area contributed by atoms with E-state index in [1.807, 2.05) is 60.7 Å². The molecule has 2 aromatic heterocycles. The van der Waals surface area contributed by atoms with Gasteiger partial charge < -0.3 is 14.8 Å². The van der Waals surface area contributed by atoms with Crippen LogP contribution in [0.25, 0.3) is 10.8 Å². The zero-order valence-corrected chi connectivity index (χ0v) is 13.6. The normalized spacial score (nSPS) is 10.6. The van der Waals surface area contributed by atoms with Crippen LogP contribution in [0.15, 0.2) is 66.9 Å². The molecule has 4 rings (SSSR count). The largest absolute Gasteiger partial charge is 0.497 e. The summed E-state index contributed by atoms with van der Waals surface area (Å²) < 4.78 is 11.2. The second-order valence-corrected chi connectivity index (χ2v) is 5.40. The third-order valence-electron chi connectivity index (χ3n) is 3.74. The van der Waals surface area contributed by atoms with Crippen molar-refractivity contribution in [2.75, 3.05) is 12.4 Å². The maximum atomic E-state index is 6.02. The molecule has 0 unspecified atom stereocenters. The van der Waals surface area contributed by atoms with Gasteiger partial charge in [-0.2, -0.15) is 10.1 Å². The molecule has 0 bridgehead atoms. The standard InChI is InChI=1S/C19H16N4O2/c1-24-14-6-8-15(9-7-14)25-19-16-5-3-2-4-13(16)12-18(22-19)21-17-10-11-20-23-17/h2-12H,1H3,(H2,20,21,22,23). The molecule has 0 atom stereocenters. The molecule has 4 aromatic rings. The van der Waals surface area contributed by atoms with E-state index >= 15 is 0 Å². The van der Waals surface area contributed by atoms with Crippen LogP contribution in [-0.2, 0) is 0 Å². The lowest BCUT2D eigenvalue weighted by Gasteiger charge is -2.11. The maximum Gasteiger partial charge on any atom is 0.229 e. The Hall–Kier alpha value is -3.54. The summed E-state index contributed by atoms with van der Waals surface area (Å²) in [7, 11) is 1.63. The van der Waals surface area contributed by atoms with E-state index < -0.39 is 0 Å². The van der Waals surface area contributed by atoms with Crippen molar-refractivity contribution < 1.29 is 9.47 Å². The van der Waals surface area contributed by atoms with Gasteiger partial charge in [-0.1, -0.05) is 18.2 Å². The van der Waals surface area contributed by atoms with Gasteiger partial charge in [0.25, 0.3) is 0 Å². The zero-order chi connectivity index (χ0) is 17.1. The van der Waals surface area contributed by atoms with Crippen LogP contribution in [0.2, 0.25) is 0 Å². The number of rotatable bonds is 5. The predicted molar refractivity (Wildman–Crippen MR) is 96.7 cm³/mol. The lowest BCUT2D eigenvalue weighted by Crippen LogP contribution is -1.97. The van der Waals surface area contributed by atoms with Crippen LogP contribution >= 0.6 is 0 Å². The Bertz CT molecular complexity index is 982. The van der Waals surface area contributed by atoms with Crippen molar-refractivity contribution >= 4 is 22.4 Å². The van der Waals surface area contributed by atoms with Crippen LogP contribution in [0.4, 0.5) is 11.6 Å². The summed E-state index contributed by atoms with van der Waals surface area (Å²) in [6.07, 6.45) is 1.75. The third-order valence-corrected chi connectivity index (χ3v) is 3.74. The van der Waals surface area contributed by atoms with E-state index in [0.717, 1.165) is 16.5 Å². The molecule has 0 aliphatic heterocycles. The van der Waals surface area contributed by atoms with E-state index in [1.54, 1.807) is 13.3 Å². The van der Waals surface area contributed by atoms with Crippen molar-refractivity contribution in [3.8, 4) is 17.4 Å². The highest BCUT2D eigenvalue weighted by atomic mass is 16.5. The molecule has 25 heavy (non-hydrogen) atoms. The van der Waals surface area contributed by atoms with Gasteiger partial charge in [-0.25, -0.2) is 0 Å². The number of benzene rings is 2. The van der Waals surface area contributed by atoms with Crippen LogP contribution in [0.1, 0.15) is 0 Å². The highest BCUT2D eigenvalue weighted by Crippen LogP contribution is 2.31. The number of methoxy groups -OCH3 is 1. The molecule has 6 heteroatoms. The van der Waals surface area contributed by atoms with Crippen molar-refractivity contribution in [2.45, 2.75) is 0 Å². The average molecular weight is 332 g/mol. The van der Waals surface area contributed by atoms with E-state index in [-0.39, 0.29) is 0 Å². The molecule has 2 N–H and O–H groups in total. The number of fused-ring (bicyclic) bond motifs is 1. The lowest BCUT2D eigenvalue weighted by atomic mass is 10.1. The molecule has 0 saturated carbocycles. The van der Waals surface area contributed by atoms with Crippen LogP contribution < -0.4 is 14.8 Å². The number of H-pyrrole nitrogens is 1. The fourth-order valence-electron chi connectivity index (χ4n) is 2.53. The molecule has 124 valence electrons. The van der Waals surface area contributed by atoms with Crippen molar-refractivity contribution in [1.82, 2.24) is 15.2 Å². The Kier molecular flexibility index (Phi) is 3.92. The topological polar surface area (TPSA) is 72.1 Å². The number of ether oxygens (including phenoxy) is 2. The van der Waals surface area contributed by atoms with E-state index in [0.29, 0.717) is 23.3 Å². The first-order valence-corrected chi connectivity index (χ1v) is 7.80. The minimum Gasteiger partial charge on any atom is -0.497 e. The SMILES string of the molecule is COc1ccc(Oc2nc(Nc3cc[nH]n3)cc3ccccc23)cc1. The molecule has 0 aliphatic rings. The molecular formula is C19H16N4O2. The molecule has 6 nitrogen and oxygen atoms in total. The third kappa shape index (κ3) is 3.23. The van der Waals surface area contributed by atoms with Crippen molar-refractivity contribution in [2.24, 2.45) is 0 Å². The molecule has 0 fully saturated rings. The van der Waals surface area contributed by atoms with Crippen LogP contribution in [-0.4, -0.2) is 22.3 Å². The molecule has 0 amide bonds. The summed E-state index contributed by atoms with van der Waals surface area (Å²) in [4.78, 5) is 4.60. The molecule has 0 saturated heterocycles. The average Bonchev–Trinajstić information content (AvgIpc) is 3.15. The summed E-state index contributed by atoms with van der Waals surface area (Å²) in [5, 5.41) is 12.0. The molecule has 2 heterocycles. The minimum atomic E-state index is 0.529. The van der Waals surface area contributed by atoms with Crippen molar-refractivity contribution in [3.63, 3.8) is 0 Å². The van der Waals surface area contributed by atoms with Gasteiger partial charge >= 0.3 is 0 Å². The smallest absolute Gasteiger partial charge is 0.229 e. The highest BCUT2D eigenvalue weighted by Gasteiger charge is 2.09. The van der Waals surface area contributed by atoms with Crippen molar-refractivity contribution in [3.05, 3.63) is 66.9 Å². The van der Waals surface area contributed by atoms with Crippen LogP contribution in [0, 0.1) is 0 Å². The fraction of sp³-hybridized carbons (Fsp3) is 0.0526. The van der Waals surface area contributed by atoms with Gasteiger partial charge in [-0.05, 0) is 41.8 Å². The Morgan fingerprint density at radius 1 is 0.920 bits per heavy atom. The number of hydrogen-bond acceptors (Lipinski definition) is 5. The molecule has 2 aromatic carbocycles. The maximum absolute atomic E-state index is 6.02. The Labute approximate surface area is 144 Å². The first-order valence-electron chi connectivity index (χ1n) is 7.80. The summed E-state index contributed by atoms with van der Waals surface area (Å²) >= 11 is 0. The van der Waals surface area contributed by atoms with Gasteiger partial charge in [-0.15, -0.1) is 0 Å². The summed E-state index contributed by atoms with van der Waals surface area (Å²) in [5.41, 5.74) is 0. The van der Waals surface area contributed by atoms with E-state index in [2.05, 4.69) is 20.5 Å². The monoisotopic (exact) mass is 332 g/mol. The predicted octanol–water partition coefficient (Wildman–Crippen LogP) is 4.50. The molecule has 0 radical (unpaired) electrons. The number of pyridine rings is 1. The number of anilines is 2. The Balaban J connectivity index is 1.72. The fourth-order valence-corrected chi connectivity index (χ4v) is 2.53. The second-order valence-electron chi connectivity index (χ2n) is 5.40. The van der Waals surface area contributed by atoms with Gasteiger partial charge in [0.15, 0.2) is 5.82 Å². The lowest BCUT2D eigenvalue weighted by molar-refractivity contribution is 0.412. The van der Waals surface area contributed by atoms with Gasteiger partial charge in [0.05, 0.1) is 7.11 Å². The van der Waals surface area contributed by atoms with Crippen LogP contribution in [0.5, 0.6) is 17.4 Å². The molecule has 0 spiro atoms. The van der Waals surface area contributed by atoms with Crippen LogP contribution in [0.3, 0.4) is 0 Å². The Morgan fingerprint density at radius 2 is 1.72 bits per heavy atom. The van der Waals surface area contributed by atoms with Gasteiger partial charge in [0.1, 0.15) is 17.3 Å².